The Kier molecular flexibility index (Phi) is 4.14. The van der Waals surface area contributed by atoms with Gasteiger partial charge in [-0.05, 0) is 47.1 Å². The van der Waals surface area contributed by atoms with E-state index < -0.39 is 4.92 Å². The maximum Gasteiger partial charge on any atom is 0.311 e. The molecule has 0 aromatic heterocycles. The van der Waals surface area contributed by atoms with Crippen molar-refractivity contribution in [2.24, 2.45) is 0 Å². The first-order valence-electron chi connectivity index (χ1n) is 5.71. The van der Waals surface area contributed by atoms with E-state index in [2.05, 4.69) is 15.9 Å². The predicted octanol–water partition coefficient (Wildman–Crippen LogP) is 4.35. The zero-order valence-electron chi connectivity index (χ0n) is 10.5. The zero-order valence-corrected chi connectivity index (χ0v) is 12.1. The maximum absolute atomic E-state index is 11.4. The quantitative estimate of drug-likeness (QED) is 0.473. The highest BCUT2D eigenvalue weighted by Gasteiger charge is 2.18. The van der Waals surface area contributed by atoms with Crippen molar-refractivity contribution in [3.05, 3.63) is 62.6 Å². The number of nitro groups is 1. The molecule has 2 aromatic carbocycles. The minimum absolute atomic E-state index is 0.0367. The van der Waals surface area contributed by atoms with E-state index in [1.807, 2.05) is 0 Å². The van der Waals surface area contributed by atoms with Crippen molar-refractivity contribution in [1.29, 1.82) is 0 Å². The second kappa shape index (κ2) is 5.83. The molecule has 0 heterocycles. The minimum Gasteiger partial charge on any atom is -0.449 e. The van der Waals surface area contributed by atoms with E-state index in [0.717, 1.165) is 0 Å². The Morgan fingerprint density at radius 3 is 2.50 bits per heavy atom. The Balaban J connectivity index is 2.48. The molecule has 0 amide bonds. The smallest absolute Gasteiger partial charge is 0.311 e. The Bertz CT molecular complexity index is 685. The summed E-state index contributed by atoms with van der Waals surface area (Å²) in [4.78, 5) is 21.8. The third-order valence-corrected chi connectivity index (χ3v) is 3.27. The van der Waals surface area contributed by atoms with Gasteiger partial charge in [0.1, 0.15) is 5.75 Å². The van der Waals surface area contributed by atoms with Gasteiger partial charge in [0.2, 0.25) is 5.75 Å². The van der Waals surface area contributed by atoms with Crippen LogP contribution in [0.3, 0.4) is 0 Å². The van der Waals surface area contributed by atoms with E-state index >= 15 is 0 Å². The number of carbonyl (C=O) groups is 1. The summed E-state index contributed by atoms with van der Waals surface area (Å²) < 4.78 is 6.22. The fourth-order valence-electron chi connectivity index (χ4n) is 1.61. The molecule has 0 fully saturated rings. The SMILES string of the molecule is CC(=O)c1ccc([N+](=O)[O-])c(Oc2ccccc2Br)c1. The Morgan fingerprint density at radius 1 is 1.20 bits per heavy atom. The summed E-state index contributed by atoms with van der Waals surface area (Å²) in [6, 6.07) is 11.0. The van der Waals surface area contributed by atoms with Gasteiger partial charge in [-0.25, -0.2) is 0 Å². The lowest BCUT2D eigenvalue weighted by Crippen LogP contribution is -1.98. The highest BCUT2D eigenvalue weighted by Crippen LogP contribution is 2.35. The van der Waals surface area contributed by atoms with Crippen molar-refractivity contribution in [2.75, 3.05) is 0 Å². The summed E-state index contributed by atoms with van der Waals surface area (Å²) >= 11 is 3.30. The number of rotatable bonds is 4. The average Bonchev–Trinajstić information content (AvgIpc) is 2.41. The predicted molar refractivity (Wildman–Crippen MR) is 77.3 cm³/mol. The summed E-state index contributed by atoms with van der Waals surface area (Å²) in [5.74, 6) is 0.294. The number of Topliss-reactive ketones (excluding diaryl/α,β-unsaturated/α-hetero) is 1. The molecule has 6 heteroatoms. The van der Waals surface area contributed by atoms with Gasteiger partial charge in [-0.1, -0.05) is 12.1 Å². The van der Waals surface area contributed by atoms with E-state index in [-0.39, 0.29) is 17.2 Å². The van der Waals surface area contributed by atoms with E-state index in [1.54, 1.807) is 24.3 Å². The molecule has 102 valence electrons. The van der Waals surface area contributed by atoms with Gasteiger partial charge in [-0.2, -0.15) is 0 Å². The molecule has 20 heavy (non-hydrogen) atoms. The van der Waals surface area contributed by atoms with Crippen LogP contribution in [0.4, 0.5) is 5.69 Å². The van der Waals surface area contributed by atoms with Crippen LogP contribution in [0.2, 0.25) is 0 Å². The molecule has 2 rings (SSSR count). The number of ketones is 1. The number of hydrogen-bond acceptors (Lipinski definition) is 4. The molecule has 0 N–H and O–H groups in total. The summed E-state index contributed by atoms with van der Waals surface area (Å²) in [5, 5.41) is 11.0. The topological polar surface area (TPSA) is 69.4 Å². The number of nitro benzene ring substituents is 1. The van der Waals surface area contributed by atoms with Crippen LogP contribution < -0.4 is 4.74 Å². The molecule has 0 unspecified atom stereocenters. The third-order valence-electron chi connectivity index (χ3n) is 2.62. The van der Waals surface area contributed by atoms with Gasteiger partial charge in [-0.15, -0.1) is 0 Å². The van der Waals surface area contributed by atoms with Crippen LogP contribution in [-0.2, 0) is 0 Å². The molecule has 0 aliphatic carbocycles. The normalized spacial score (nSPS) is 10.1. The Hall–Kier alpha value is -2.21. The van der Waals surface area contributed by atoms with E-state index in [0.29, 0.717) is 15.8 Å². The van der Waals surface area contributed by atoms with Crippen LogP contribution in [-0.4, -0.2) is 10.7 Å². The minimum atomic E-state index is -0.546. The monoisotopic (exact) mass is 335 g/mol. The largest absolute Gasteiger partial charge is 0.449 e. The standard InChI is InChI=1S/C14H10BrNO4/c1-9(17)10-6-7-12(16(18)19)14(8-10)20-13-5-3-2-4-11(13)15/h2-8H,1H3. The fraction of sp³-hybridized carbons (Fsp3) is 0.0714. The fourth-order valence-corrected chi connectivity index (χ4v) is 1.98. The van der Waals surface area contributed by atoms with Crippen LogP contribution in [0.5, 0.6) is 11.5 Å². The number of nitrogens with zero attached hydrogens (tertiary/aromatic N) is 1. The molecule has 0 spiro atoms. The molecular formula is C14H10BrNO4. The first-order chi connectivity index (χ1) is 9.49. The van der Waals surface area contributed by atoms with Crippen molar-refractivity contribution < 1.29 is 14.5 Å². The lowest BCUT2D eigenvalue weighted by Gasteiger charge is -2.08. The van der Waals surface area contributed by atoms with Crippen LogP contribution in [0.1, 0.15) is 17.3 Å². The summed E-state index contributed by atoms with van der Waals surface area (Å²) in [6.07, 6.45) is 0. The van der Waals surface area contributed by atoms with Gasteiger partial charge < -0.3 is 4.74 Å². The Morgan fingerprint density at radius 2 is 1.90 bits per heavy atom. The van der Waals surface area contributed by atoms with Gasteiger partial charge in [0.05, 0.1) is 9.40 Å². The molecule has 0 aliphatic heterocycles. The van der Waals surface area contributed by atoms with Gasteiger partial charge in [0, 0.05) is 11.6 Å². The molecule has 5 nitrogen and oxygen atoms in total. The Labute approximate surface area is 123 Å². The van der Waals surface area contributed by atoms with Crippen molar-refractivity contribution in [1.82, 2.24) is 0 Å². The van der Waals surface area contributed by atoms with Crippen molar-refractivity contribution in [3.8, 4) is 11.5 Å². The van der Waals surface area contributed by atoms with Gasteiger partial charge in [-0.3, -0.25) is 14.9 Å². The van der Waals surface area contributed by atoms with E-state index in [4.69, 9.17) is 4.74 Å². The first kappa shape index (κ1) is 14.2. The van der Waals surface area contributed by atoms with Crippen LogP contribution in [0, 0.1) is 10.1 Å². The number of halogens is 1. The van der Waals surface area contributed by atoms with Gasteiger partial charge in [0.25, 0.3) is 0 Å². The summed E-state index contributed by atoms with van der Waals surface area (Å²) in [5.41, 5.74) is 0.170. The molecule has 0 aliphatic rings. The second-order valence-corrected chi connectivity index (χ2v) is 4.88. The number of carbonyl (C=O) groups excluding carboxylic acids is 1. The molecule has 0 bridgehead atoms. The number of hydrogen-bond donors (Lipinski definition) is 0. The summed E-state index contributed by atoms with van der Waals surface area (Å²) in [7, 11) is 0. The van der Waals surface area contributed by atoms with Crippen LogP contribution >= 0.6 is 15.9 Å². The molecule has 0 saturated heterocycles. The van der Waals surface area contributed by atoms with Crippen molar-refractivity contribution >= 4 is 27.4 Å². The zero-order chi connectivity index (χ0) is 14.7. The average molecular weight is 336 g/mol. The van der Waals surface area contributed by atoms with Crippen LogP contribution in [0.25, 0.3) is 0 Å². The van der Waals surface area contributed by atoms with Gasteiger partial charge >= 0.3 is 5.69 Å². The molecule has 0 saturated carbocycles. The number of ether oxygens (including phenoxy) is 1. The molecule has 0 atom stereocenters. The number of para-hydroxylation sites is 1. The molecule has 2 aromatic rings. The first-order valence-corrected chi connectivity index (χ1v) is 6.50. The molecule has 0 radical (unpaired) electrons. The third kappa shape index (κ3) is 3.03. The lowest BCUT2D eigenvalue weighted by molar-refractivity contribution is -0.385. The van der Waals surface area contributed by atoms with E-state index in [9.17, 15) is 14.9 Å². The highest BCUT2D eigenvalue weighted by atomic mass is 79.9. The molecular weight excluding hydrogens is 326 g/mol. The summed E-state index contributed by atoms with van der Waals surface area (Å²) in [6.45, 7) is 1.39. The lowest BCUT2D eigenvalue weighted by atomic mass is 10.1. The highest BCUT2D eigenvalue weighted by molar-refractivity contribution is 9.10. The van der Waals surface area contributed by atoms with Crippen molar-refractivity contribution in [3.63, 3.8) is 0 Å². The van der Waals surface area contributed by atoms with E-state index in [1.165, 1.54) is 25.1 Å². The van der Waals surface area contributed by atoms with Crippen molar-refractivity contribution in [2.45, 2.75) is 6.92 Å². The van der Waals surface area contributed by atoms with Gasteiger partial charge in [0.15, 0.2) is 5.78 Å². The van der Waals surface area contributed by atoms with Crippen LogP contribution in [0.15, 0.2) is 46.9 Å². The number of benzene rings is 2. The maximum atomic E-state index is 11.4. The second-order valence-electron chi connectivity index (χ2n) is 4.03.